The van der Waals surface area contributed by atoms with Gasteiger partial charge in [-0.3, -0.25) is 9.59 Å². The van der Waals surface area contributed by atoms with E-state index in [1.54, 1.807) is 0 Å². The van der Waals surface area contributed by atoms with E-state index in [9.17, 15) is 14.7 Å². The Kier molecular flexibility index (Phi) is 7.71. The lowest BCUT2D eigenvalue weighted by Crippen LogP contribution is -2.63. The van der Waals surface area contributed by atoms with Crippen molar-refractivity contribution in [2.45, 2.75) is 84.2 Å². The Bertz CT molecular complexity index is 848. The first-order valence-electron chi connectivity index (χ1n) is 13.5. The van der Waals surface area contributed by atoms with E-state index in [0.717, 1.165) is 12.8 Å². The third-order valence-electron chi connectivity index (χ3n) is 8.90. The van der Waals surface area contributed by atoms with Crippen LogP contribution in [0.25, 0.3) is 0 Å². The normalized spacial score (nSPS) is 28.8. The SMILES string of the molecule is C[C@H](CC1CCCCC1)C(=O)N1CCC(O)(CN2CC(Cc3ccccc3)CC2=O)C(C)(C)C1. The van der Waals surface area contributed by atoms with Crippen LogP contribution in [0, 0.1) is 23.2 Å². The number of carbonyl (C=O) groups is 2. The van der Waals surface area contributed by atoms with Crippen molar-refractivity contribution in [3.05, 3.63) is 35.9 Å². The maximum atomic E-state index is 13.3. The van der Waals surface area contributed by atoms with Gasteiger partial charge in [-0.15, -0.1) is 0 Å². The molecule has 3 aliphatic rings. The zero-order valence-electron chi connectivity index (χ0n) is 21.5. The molecule has 4 rings (SSSR count). The average Bonchev–Trinajstić information content (AvgIpc) is 3.14. The summed E-state index contributed by atoms with van der Waals surface area (Å²) in [5.41, 5.74) is -0.188. The third kappa shape index (κ3) is 5.67. The van der Waals surface area contributed by atoms with Crippen molar-refractivity contribution >= 4 is 11.8 Å². The summed E-state index contributed by atoms with van der Waals surface area (Å²) >= 11 is 0. The number of nitrogens with zero attached hydrogens (tertiary/aromatic N) is 2. The molecule has 3 fully saturated rings. The van der Waals surface area contributed by atoms with Crippen molar-refractivity contribution in [1.82, 2.24) is 9.80 Å². The Morgan fingerprint density at radius 2 is 1.82 bits per heavy atom. The molecule has 5 heteroatoms. The fraction of sp³-hybridized carbons (Fsp3) is 0.724. The number of likely N-dealkylation sites (tertiary alicyclic amines) is 2. The molecule has 0 aromatic heterocycles. The number of amides is 2. The molecule has 1 aromatic rings. The summed E-state index contributed by atoms with van der Waals surface area (Å²) in [5, 5.41) is 11.7. The second-order valence-corrected chi connectivity index (χ2v) is 12.1. The van der Waals surface area contributed by atoms with Crippen LogP contribution >= 0.6 is 0 Å². The van der Waals surface area contributed by atoms with Gasteiger partial charge in [-0.25, -0.2) is 0 Å². The van der Waals surface area contributed by atoms with Gasteiger partial charge in [0.15, 0.2) is 0 Å². The zero-order chi connectivity index (χ0) is 24.3. The Hall–Kier alpha value is -1.88. The van der Waals surface area contributed by atoms with Gasteiger partial charge in [0.05, 0.1) is 12.1 Å². The van der Waals surface area contributed by atoms with Gasteiger partial charge in [-0.2, -0.15) is 0 Å². The van der Waals surface area contributed by atoms with Gasteiger partial charge in [-0.05, 0) is 36.7 Å². The maximum Gasteiger partial charge on any atom is 0.225 e. The molecule has 2 amide bonds. The van der Waals surface area contributed by atoms with E-state index in [1.165, 1.54) is 37.7 Å². The van der Waals surface area contributed by atoms with Crippen LogP contribution in [0.1, 0.15) is 77.7 Å². The lowest BCUT2D eigenvalue weighted by atomic mass is 9.69. The van der Waals surface area contributed by atoms with Crippen molar-refractivity contribution in [3.8, 4) is 0 Å². The molecule has 1 aromatic carbocycles. The van der Waals surface area contributed by atoms with Gasteiger partial charge in [0.25, 0.3) is 0 Å². The minimum Gasteiger partial charge on any atom is -0.387 e. The summed E-state index contributed by atoms with van der Waals surface area (Å²) in [6.45, 7) is 8.38. The maximum absolute atomic E-state index is 13.3. The molecule has 2 heterocycles. The van der Waals surface area contributed by atoms with Crippen molar-refractivity contribution in [3.63, 3.8) is 0 Å². The monoisotopic (exact) mass is 468 g/mol. The van der Waals surface area contributed by atoms with Crippen molar-refractivity contribution in [1.29, 1.82) is 0 Å². The predicted octanol–water partition coefficient (Wildman–Crippen LogP) is 4.67. The number of carbonyl (C=O) groups excluding carboxylic acids is 2. The molecule has 188 valence electrons. The largest absolute Gasteiger partial charge is 0.387 e. The Morgan fingerprint density at radius 1 is 1.12 bits per heavy atom. The van der Waals surface area contributed by atoms with Crippen molar-refractivity contribution in [2.75, 3.05) is 26.2 Å². The molecular weight excluding hydrogens is 424 g/mol. The zero-order valence-corrected chi connectivity index (χ0v) is 21.5. The van der Waals surface area contributed by atoms with Gasteiger partial charge >= 0.3 is 0 Å². The number of benzene rings is 1. The van der Waals surface area contributed by atoms with Crippen molar-refractivity contribution in [2.24, 2.45) is 23.2 Å². The Balaban J connectivity index is 1.33. The fourth-order valence-corrected chi connectivity index (χ4v) is 6.58. The number of piperidine rings is 1. The summed E-state index contributed by atoms with van der Waals surface area (Å²) < 4.78 is 0. The first kappa shape index (κ1) is 25.2. The molecule has 1 aliphatic carbocycles. The second-order valence-electron chi connectivity index (χ2n) is 12.1. The summed E-state index contributed by atoms with van der Waals surface area (Å²) in [6, 6.07) is 10.3. The molecule has 5 nitrogen and oxygen atoms in total. The van der Waals surface area contributed by atoms with Gasteiger partial charge < -0.3 is 14.9 Å². The molecule has 1 N–H and O–H groups in total. The standard InChI is InChI=1S/C29H44N2O3/c1-22(16-23-10-6-4-7-11-23)27(33)30-15-14-29(34,28(2,3)20-30)21-31-19-25(18-26(31)32)17-24-12-8-5-9-13-24/h5,8-9,12-13,22-23,25,34H,4,6-7,10-11,14-21H2,1-3H3/t22-,25?,29?/m1/s1. The van der Waals surface area contributed by atoms with Crippen LogP contribution in [-0.4, -0.2) is 58.5 Å². The molecule has 2 saturated heterocycles. The van der Waals surface area contributed by atoms with Crippen LogP contribution in [0.5, 0.6) is 0 Å². The quantitative estimate of drug-likeness (QED) is 0.632. The molecule has 0 radical (unpaired) electrons. The van der Waals surface area contributed by atoms with Crippen LogP contribution in [0.2, 0.25) is 0 Å². The second kappa shape index (κ2) is 10.4. The molecule has 34 heavy (non-hydrogen) atoms. The highest BCUT2D eigenvalue weighted by molar-refractivity contribution is 5.79. The molecule has 0 bridgehead atoms. The minimum absolute atomic E-state index is 0.0454. The lowest BCUT2D eigenvalue weighted by molar-refractivity contribution is -0.161. The number of aliphatic hydroxyl groups is 1. The highest BCUT2D eigenvalue weighted by Crippen LogP contribution is 2.41. The van der Waals surface area contributed by atoms with Crippen LogP contribution in [-0.2, 0) is 16.0 Å². The van der Waals surface area contributed by atoms with E-state index in [0.29, 0.717) is 50.9 Å². The van der Waals surface area contributed by atoms with E-state index in [4.69, 9.17) is 0 Å². The first-order valence-corrected chi connectivity index (χ1v) is 13.5. The summed E-state index contributed by atoms with van der Waals surface area (Å²) in [4.78, 5) is 29.9. The Labute approximate surface area is 205 Å². The summed E-state index contributed by atoms with van der Waals surface area (Å²) in [5.74, 6) is 1.41. The smallest absolute Gasteiger partial charge is 0.225 e. The molecule has 2 unspecified atom stereocenters. The third-order valence-corrected chi connectivity index (χ3v) is 8.90. The van der Waals surface area contributed by atoms with Gasteiger partial charge in [0.1, 0.15) is 0 Å². The number of rotatable bonds is 7. The van der Waals surface area contributed by atoms with E-state index in [1.807, 2.05) is 28.0 Å². The lowest BCUT2D eigenvalue weighted by Gasteiger charge is -2.52. The van der Waals surface area contributed by atoms with E-state index < -0.39 is 11.0 Å². The number of hydrogen-bond acceptors (Lipinski definition) is 3. The average molecular weight is 469 g/mol. The van der Waals surface area contributed by atoms with Crippen LogP contribution in [0.4, 0.5) is 0 Å². The van der Waals surface area contributed by atoms with Crippen LogP contribution in [0.3, 0.4) is 0 Å². The summed E-state index contributed by atoms with van der Waals surface area (Å²) in [7, 11) is 0. The van der Waals surface area contributed by atoms with Crippen LogP contribution < -0.4 is 0 Å². The molecule has 2 aliphatic heterocycles. The number of β-amino-alcohol motifs (C(OH)–C–C–N with tert-alkyl or cyclic N) is 1. The minimum atomic E-state index is -0.978. The topological polar surface area (TPSA) is 60.9 Å². The van der Waals surface area contributed by atoms with Gasteiger partial charge in [-0.1, -0.05) is 83.2 Å². The van der Waals surface area contributed by atoms with E-state index in [2.05, 4.69) is 32.9 Å². The molecule has 1 saturated carbocycles. The Morgan fingerprint density at radius 3 is 2.50 bits per heavy atom. The van der Waals surface area contributed by atoms with Gasteiger partial charge in [0, 0.05) is 37.4 Å². The number of hydrogen-bond donors (Lipinski definition) is 1. The van der Waals surface area contributed by atoms with E-state index in [-0.39, 0.29) is 17.7 Å². The molecule has 3 atom stereocenters. The molecule has 0 spiro atoms. The van der Waals surface area contributed by atoms with Gasteiger partial charge in [0.2, 0.25) is 11.8 Å². The van der Waals surface area contributed by atoms with Crippen molar-refractivity contribution < 1.29 is 14.7 Å². The van der Waals surface area contributed by atoms with E-state index >= 15 is 0 Å². The highest BCUT2D eigenvalue weighted by atomic mass is 16.3. The first-order chi connectivity index (χ1) is 16.2. The van der Waals surface area contributed by atoms with Crippen LogP contribution in [0.15, 0.2) is 30.3 Å². The fourth-order valence-electron chi connectivity index (χ4n) is 6.58. The highest BCUT2D eigenvalue weighted by Gasteiger charge is 2.51. The molecular formula is C29H44N2O3. The summed E-state index contributed by atoms with van der Waals surface area (Å²) in [6.07, 6.45) is 9.43. The predicted molar refractivity (Wildman–Crippen MR) is 135 cm³/mol.